The molecule has 0 spiro atoms. The van der Waals surface area contributed by atoms with Gasteiger partial charge in [-0.05, 0) is 18.8 Å². The van der Waals surface area contributed by atoms with Crippen LogP contribution in [0.3, 0.4) is 0 Å². The van der Waals surface area contributed by atoms with E-state index in [4.69, 9.17) is 0 Å². The van der Waals surface area contributed by atoms with Crippen molar-refractivity contribution in [2.75, 3.05) is 6.61 Å². The lowest BCUT2D eigenvalue weighted by Crippen LogP contribution is -2.51. The smallest absolute Gasteiger partial charge is 0.0724 e. The molecule has 0 radical (unpaired) electrons. The van der Waals surface area contributed by atoms with E-state index in [-0.39, 0.29) is 12.1 Å². The summed E-state index contributed by atoms with van der Waals surface area (Å²) < 4.78 is 0. The first-order chi connectivity index (χ1) is 8.24. The minimum absolute atomic E-state index is 0.116. The highest BCUT2D eigenvalue weighted by molar-refractivity contribution is 4.98. The van der Waals surface area contributed by atoms with Gasteiger partial charge in [-0.3, -0.25) is 9.97 Å². The van der Waals surface area contributed by atoms with Gasteiger partial charge < -0.3 is 10.4 Å². The van der Waals surface area contributed by atoms with E-state index < -0.39 is 0 Å². The molecule has 0 bridgehead atoms. The van der Waals surface area contributed by atoms with Gasteiger partial charge in [-0.2, -0.15) is 0 Å². The summed E-state index contributed by atoms with van der Waals surface area (Å²) in [5.74, 6) is 0.685. The van der Waals surface area contributed by atoms with E-state index in [0.29, 0.717) is 12.5 Å². The van der Waals surface area contributed by atoms with Crippen molar-refractivity contribution in [3.8, 4) is 0 Å². The summed E-state index contributed by atoms with van der Waals surface area (Å²) in [7, 11) is 0. The van der Waals surface area contributed by atoms with Crippen LogP contribution in [0.15, 0.2) is 18.6 Å². The van der Waals surface area contributed by atoms with Gasteiger partial charge in [0.1, 0.15) is 0 Å². The van der Waals surface area contributed by atoms with E-state index in [2.05, 4.69) is 22.2 Å². The van der Waals surface area contributed by atoms with Crippen LogP contribution in [-0.4, -0.2) is 27.2 Å². The Labute approximate surface area is 102 Å². The minimum Gasteiger partial charge on any atom is -0.394 e. The molecule has 0 amide bonds. The first kappa shape index (κ1) is 12.5. The Morgan fingerprint density at radius 3 is 3.06 bits per heavy atom. The molecule has 2 unspecified atom stereocenters. The summed E-state index contributed by atoms with van der Waals surface area (Å²) in [6.45, 7) is 3.15. The lowest BCUT2D eigenvalue weighted by Gasteiger charge is -2.39. The molecule has 94 valence electrons. The number of aliphatic hydroxyl groups excluding tert-OH is 1. The zero-order valence-electron chi connectivity index (χ0n) is 10.4. The third kappa shape index (κ3) is 3.23. The molecule has 2 rings (SSSR count). The van der Waals surface area contributed by atoms with E-state index >= 15 is 0 Å². The third-order valence-electron chi connectivity index (χ3n) is 3.66. The predicted octanol–water partition coefficient (Wildman–Crippen LogP) is 1.51. The molecule has 0 aliphatic heterocycles. The van der Waals surface area contributed by atoms with Crippen molar-refractivity contribution in [3.05, 3.63) is 24.3 Å². The first-order valence-corrected chi connectivity index (χ1v) is 6.35. The van der Waals surface area contributed by atoms with Crippen LogP contribution >= 0.6 is 0 Å². The Balaban J connectivity index is 1.95. The van der Waals surface area contributed by atoms with E-state index in [1.165, 1.54) is 12.8 Å². The standard InChI is InChI=1S/C13H21N3O/c1-11-3-2-4-13(7-11,10-17)16-9-12-8-14-5-6-15-12/h5-6,8,11,16-17H,2-4,7,9-10H2,1H3. The van der Waals surface area contributed by atoms with E-state index in [1.807, 2.05) is 0 Å². The fourth-order valence-electron chi connectivity index (χ4n) is 2.72. The maximum Gasteiger partial charge on any atom is 0.0724 e. The number of rotatable bonds is 4. The van der Waals surface area contributed by atoms with Crippen LogP contribution in [-0.2, 0) is 6.54 Å². The summed E-state index contributed by atoms with van der Waals surface area (Å²) in [4.78, 5) is 8.29. The van der Waals surface area contributed by atoms with Crippen molar-refractivity contribution in [1.82, 2.24) is 15.3 Å². The van der Waals surface area contributed by atoms with E-state index in [0.717, 1.165) is 18.5 Å². The number of nitrogens with zero attached hydrogens (tertiary/aromatic N) is 2. The molecular weight excluding hydrogens is 214 g/mol. The zero-order chi connectivity index (χ0) is 12.1. The summed E-state index contributed by atoms with van der Waals surface area (Å²) in [5, 5.41) is 13.1. The Hall–Kier alpha value is -1.00. The first-order valence-electron chi connectivity index (χ1n) is 6.35. The number of aromatic nitrogens is 2. The molecule has 0 aromatic carbocycles. The van der Waals surface area contributed by atoms with Crippen molar-refractivity contribution in [2.45, 2.75) is 44.7 Å². The van der Waals surface area contributed by atoms with Crippen molar-refractivity contribution >= 4 is 0 Å². The second-order valence-corrected chi connectivity index (χ2v) is 5.19. The molecule has 1 saturated carbocycles. The lowest BCUT2D eigenvalue weighted by atomic mass is 9.77. The van der Waals surface area contributed by atoms with E-state index in [9.17, 15) is 5.11 Å². The van der Waals surface area contributed by atoms with Crippen LogP contribution in [0, 0.1) is 5.92 Å². The molecule has 1 aromatic heterocycles. The van der Waals surface area contributed by atoms with Crippen molar-refractivity contribution in [3.63, 3.8) is 0 Å². The number of hydrogen-bond donors (Lipinski definition) is 2. The molecule has 2 N–H and O–H groups in total. The highest BCUT2D eigenvalue weighted by Gasteiger charge is 2.33. The van der Waals surface area contributed by atoms with Gasteiger partial charge >= 0.3 is 0 Å². The molecule has 4 nitrogen and oxygen atoms in total. The summed E-state index contributed by atoms with van der Waals surface area (Å²) in [6.07, 6.45) is 9.70. The summed E-state index contributed by atoms with van der Waals surface area (Å²) >= 11 is 0. The van der Waals surface area contributed by atoms with Gasteiger partial charge in [-0.15, -0.1) is 0 Å². The maximum atomic E-state index is 9.64. The number of hydrogen-bond acceptors (Lipinski definition) is 4. The van der Waals surface area contributed by atoms with Crippen LogP contribution < -0.4 is 5.32 Å². The highest BCUT2D eigenvalue weighted by atomic mass is 16.3. The van der Waals surface area contributed by atoms with Crippen LogP contribution in [0.25, 0.3) is 0 Å². The van der Waals surface area contributed by atoms with Gasteiger partial charge in [0.15, 0.2) is 0 Å². The van der Waals surface area contributed by atoms with Crippen LogP contribution in [0.2, 0.25) is 0 Å². The van der Waals surface area contributed by atoms with Crippen molar-refractivity contribution < 1.29 is 5.11 Å². The quantitative estimate of drug-likeness (QED) is 0.830. The average Bonchev–Trinajstić information content (AvgIpc) is 2.38. The monoisotopic (exact) mass is 235 g/mol. The highest BCUT2D eigenvalue weighted by Crippen LogP contribution is 2.32. The molecule has 1 heterocycles. The molecule has 17 heavy (non-hydrogen) atoms. The molecule has 1 aliphatic rings. The largest absolute Gasteiger partial charge is 0.394 e. The van der Waals surface area contributed by atoms with Crippen molar-refractivity contribution in [1.29, 1.82) is 0 Å². The molecule has 0 saturated heterocycles. The molecule has 1 aromatic rings. The zero-order valence-corrected chi connectivity index (χ0v) is 10.4. The Bertz CT molecular complexity index is 344. The minimum atomic E-state index is -0.116. The number of nitrogens with one attached hydrogen (secondary N) is 1. The topological polar surface area (TPSA) is 58.0 Å². The maximum absolute atomic E-state index is 9.64. The fourth-order valence-corrected chi connectivity index (χ4v) is 2.72. The predicted molar refractivity (Wildman–Crippen MR) is 66.3 cm³/mol. The average molecular weight is 235 g/mol. The third-order valence-corrected chi connectivity index (χ3v) is 3.66. The fraction of sp³-hybridized carbons (Fsp3) is 0.692. The molecule has 1 aliphatic carbocycles. The van der Waals surface area contributed by atoms with Crippen LogP contribution in [0.4, 0.5) is 0 Å². The van der Waals surface area contributed by atoms with Gasteiger partial charge in [0.25, 0.3) is 0 Å². The Morgan fingerprint density at radius 1 is 1.53 bits per heavy atom. The summed E-state index contributed by atoms with van der Waals surface area (Å²) in [6, 6.07) is 0. The van der Waals surface area contributed by atoms with E-state index in [1.54, 1.807) is 18.6 Å². The molecule has 4 heteroatoms. The van der Waals surface area contributed by atoms with Gasteiger partial charge in [-0.25, -0.2) is 0 Å². The Kier molecular flexibility index (Phi) is 4.07. The lowest BCUT2D eigenvalue weighted by molar-refractivity contribution is 0.0979. The van der Waals surface area contributed by atoms with Crippen LogP contribution in [0.5, 0.6) is 0 Å². The Morgan fingerprint density at radius 2 is 2.41 bits per heavy atom. The second-order valence-electron chi connectivity index (χ2n) is 5.19. The van der Waals surface area contributed by atoms with Crippen molar-refractivity contribution in [2.24, 2.45) is 5.92 Å². The number of aliphatic hydroxyl groups is 1. The molecule has 2 atom stereocenters. The van der Waals surface area contributed by atoms with Crippen LogP contribution in [0.1, 0.15) is 38.3 Å². The summed E-state index contributed by atoms with van der Waals surface area (Å²) in [5.41, 5.74) is 0.813. The molecular formula is C13H21N3O. The van der Waals surface area contributed by atoms with Gasteiger partial charge in [-0.1, -0.05) is 19.8 Å². The normalized spacial score (nSPS) is 29.2. The van der Waals surface area contributed by atoms with Gasteiger partial charge in [0.2, 0.25) is 0 Å². The SMILES string of the molecule is CC1CCCC(CO)(NCc2cnccn2)C1. The second kappa shape index (κ2) is 5.56. The van der Waals surface area contributed by atoms with Gasteiger partial charge in [0, 0.05) is 30.7 Å². The molecule has 1 fully saturated rings. The van der Waals surface area contributed by atoms with Gasteiger partial charge in [0.05, 0.1) is 12.3 Å².